The van der Waals surface area contributed by atoms with E-state index in [1.807, 2.05) is 30.3 Å². The topological polar surface area (TPSA) is 111 Å². The van der Waals surface area contributed by atoms with Gasteiger partial charge in [-0.2, -0.15) is 9.78 Å². The summed E-state index contributed by atoms with van der Waals surface area (Å²) in [5.41, 5.74) is 2.26. The average molecular weight is 568 g/mol. The molecule has 0 unspecified atom stereocenters. The first-order chi connectivity index (χ1) is 18.4. The number of hydrogen-bond acceptors (Lipinski definition) is 6. The fourth-order valence-electron chi connectivity index (χ4n) is 4.33. The number of carboxylic acid groups (broad SMARTS) is 1. The molecule has 9 heteroatoms. The van der Waals surface area contributed by atoms with E-state index < -0.39 is 5.97 Å². The number of nitrogens with zero attached hydrogens (tertiary/aromatic N) is 3. The van der Waals surface area contributed by atoms with E-state index in [0.29, 0.717) is 44.9 Å². The standard InChI is InChI=1S/C29H18BrN3O5/c1-16-20(6-4-7-21(16)29(35)36)25-12-10-19(37-25)15-31-33-27(32-23-8-3-2-5-22(23)28(33)34)26-14-17-13-18(30)9-11-24(17)38-26/h2-15H,1H3,(H,35,36). The molecule has 3 aromatic carbocycles. The van der Waals surface area contributed by atoms with Crippen molar-refractivity contribution in [2.75, 3.05) is 0 Å². The van der Waals surface area contributed by atoms with Gasteiger partial charge in [-0.15, -0.1) is 0 Å². The zero-order chi connectivity index (χ0) is 26.4. The molecule has 0 radical (unpaired) electrons. The predicted molar refractivity (Wildman–Crippen MR) is 148 cm³/mol. The van der Waals surface area contributed by atoms with Gasteiger partial charge in [0.05, 0.1) is 22.7 Å². The lowest BCUT2D eigenvalue weighted by Gasteiger charge is -2.07. The zero-order valence-electron chi connectivity index (χ0n) is 19.9. The van der Waals surface area contributed by atoms with Gasteiger partial charge in [0.25, 0.3) is 5.56 Å². The quantitative estimate of drug-likeness (QED) is 0.231. The van der Waals surface area contributed by atoms with Crippen molar-refractivity contribution in [3.05, 3.63) is 111 Å². The largest absolute Gasteiger partial charge is 0.478 e. The predicted octanol–water partition coefficient (Wildman–Crippen LogP) is 6.72. The summed E-state index contributed by atoms with van der Waals surface area (Å²) in [6.07, 6.45) is 1.42. The van der Waals surface area contributed by atoms with Crippen LogP contribution >= 0.6 is 15.9 Å². The minimum Gasteiger partial charge on any atom is -0.478 e. The van der Waals surface area contributed by atoms with Gasteiger partial charge in [0.2, 0.25) is 5.82 Å². The first kappa shape index (κ1) is 23.6. The maximum Gasteiger partial charge on any atom is 0.335 e. The molecule has 0 aliphatic rings. The summed E-state index contributed by atoms with van der Waals surface area (Å²) in [5, 5.41) is 15.1. The van der Waals surface area contributed by atoms with E-state index in [1.54, 1.807) is 55.5 Å². The molecule has 3 aromatic heterocycles. The third-order valence-electron chi connectivity index (χ3n) is 6.21. The smallest absolute Gasteiger partial charge is 0.335 e. The first-order valence-corrected chi connectivity index (χ1v) is 12.4. The Hall–Kier alpha value is -4.76. The van der Waals surface area contributed by atoms with E-state index in [4.69, 9.17) is 8.83 Å². The van der Waals surface area contributed by atoms with E-state index in [-0.39, 0.29) is 16.9 Å². The van der Waals surface area contributed by atoms with Crippen molar-refractivity contribution in [2.24, 2.45) is 5.10 Å². The molecule has 1 N–H and O–H groups in total. The lowest BCUT2D eigenvalue weighted by molar-refractivity contribution is 0.0696. The van der Waals surface area contributed by atoms with Gasteiger partial charge in [-0.05, 0) is 67.1 Å². The van der Waals surface area contributed by atoms with Crippen LogP contribution in [0.5, 0.6) is 0 Å². The molecule has 0 saturated carbocycles. The third kappa shape index (κ3) is 4.12. The summed E-state index contributed by atoms with van der Waals surface area (Å²) >= 11 is 3.47. The summed E-state index contributed by atoms with van der Waals surface area (Å²) < 4.78 is 14.0. The van der Waals surface area contributed by atoms with Crippen LogP contribution in [0.15, 0.2) is 102 Å². The number of carbonyl (C=O) groups is 1. The van der Waals surface area contributed by atoms with E-state index in [9.17, 15) is 14.7 Å². The Morgan fingerprint density at radius 2 is 1.84 bits per heavy atom. The molecule has 0 aliphatic heterocycles. The molecule has 6 rings (SSSR count). The van der Waals surface area contributed by atoms with Crippen LogP contribution < -0.4 is 5.56 Å². The molecular weight excluding hydrogens is 550 g/mol. The molecule has 3 heterocycles. The van der Waals surface area contributed by atoms with Crippen LogP contribution in [-0.2, 0) is 0 Å². The molecule has 0 spiro atoms. The van der Waals surface area contributed by atoms with Gasteiger partial charge in [-0.1, -0.05) is 40.2 Å². The molecule has 8 nitrogen and oxygen atoms in total. The maximum atomic E-state index is 13.5. The minimum absolute atomic E-state index is 0.199. The van der Waals surface area contributed by atoms with Crippen molar-refractivity contribution in [3.63, 3.8) is 0 Å². The summed E-state index contributed by atoms with van der Waals surface area (Å²) in [7, 11) is 0. The van der Waals surface area contributed by atoms with Gasteiger partial charge in [-0.3, -0.25) is 4.79 Å². The highest BCUT2D eigenvalue weighted by molar-refractivity contribution is 9.10. The van der Waals surface area contributed by atoms with Gasteiger partial charge in [0.15, 0.2) is 5.76 Å². The van der Waals surface area contributed by atoms with Crippen LogP contribution in [-0.4, -0.2) is 27.0 Å². The fourth-order valence-corrected chi connectivity index (χ4v) is 4.71. The number of hydrogen-bond donors (Lipinski definition) is 1. The maximum absolute atomic E-state index is 13.5. The van der Waals surface area contributed by atoms with Crippen LogP contribution in [0.25, 0.3) is 44.8 Å². The van der Waals surface area contributed by atoms with Crippen LogP contribution in [0.2, 0.25) is 0 Å². The van der Waals surface area contributed by atoms with Gasteiger partial charge < -0.3 is 13.9 Å². The summed E-state index contributed by atoms with van der Waals surface area (Å²) in [6, 6.07) is 22.9. The molecule has 0 atom stereocenters. The summed E-state index contributed by atoms with van der Waals surface area (Å²) in [5.74, 6) is 0.485. The van der Waals surface area contributed by atoms with Gasteiger partial charge in [0, 0.05) is 15.4 Å². The van der Waals surface area contributed by atoms with Gasteiger partial charge in [0.1, 0.15) is 17.1 Å². The highest BCUT2D eigenvalue weighted by Crippen LogP contribution is 2.30. The molecule has 0 bridgehead atoms. The van der Waals surface area contributed by atoms with Gasteiger partial charge >= 0.3 is 5.97 Å². The number of rotatable bonds is 5. The second kappa shape index (κ2) is 9.28. The molecule has 6 aromatic rings. The van der Waals surface area contributed by atoms with E-state index in [0.717, 1.165) is 9.86 Å². The highest BCUT2D eigenvalue weighted by atomic mass is 79.9. The molecule has 38 heavy (non-hydrogen) atoms. The van der Waals surface area contributed by atoms with Crippen molar-refractivity contribution >= 4 is 50.0 Å². The number of para-hydroxylation sites is 1. The average Bonchev–Trinajstić information content (AvgIpc) is 3.55. The Morgan fingerprint density at radius 3 is 2.68 bits per heavy atom. The minimum atomic E-state index is -1.01. The Labute approximate surface area is 223 Å². The van der Waals surface area contributed by atoms with E-state index in [1.165, 1.54) is 10.9 Å². The molecule has 0 aliphatic carbocycles. The van der Waals surface area contributed by atoms with Gasteiger partial charge in [-0.25, -0.2) is 9.78 Å². The second-order valence-electron chi connectivity index (χ2n) is 8.59. The number of halogens is 1. The Balaban J connectivity index is 1.45. The number of aromatic carboxylic acids is 1. The van der Waals surface area contributed by atoms with Crippen LogP contribution in [0.4, 0.5) is 0 Å². The molecule has 0 fully saturated rings. The second-order valence-corrected chi connectivity index (χ2v) is 9.51. The van der Waals surface area contributed by atoms with Crippen LogP contribution in [0, 0.1) is 6.92 Å². The number of furan rings is 2. The molecule has 0 saturated heterocycles. The van der Waals surface area contributed by atoms with Crippen molar-refractivity contribution in [2.45, 2.75) is 6.92 Å². The number of fused-ring (bicyclic) bond motifs is 2. The van der Waals surface area contributed by atoms with Crippen molar-refractivity contribution in [1.82, 2.24) is 9.66 Å². The SMILES string of the molecule is Cc1c(C(=O)O)cccc1-c1ccc(C=Nn2c(-c3cc4cc(Br)ccc4o3)nc3ccccc3c2=O)o1. The lowest BCUT2D eigenvalue weighted by Crippen LogP contribution is -2.20. The summed E-state index contributed by atoms with van der Waals surface area (Å²) in [6.45, 7) is 1.73. The number of benzene rings is 3. The third-order valence-corrected chi connectivity index (χ3v) is 6.70. The zero-order valence-corrected chi connectivity index (χ0v) is 21.5. The summed E-state index contributed by atoms with van der Waals surface area (Å²) in [4.78, 5) is 29.7. The van der Waals surface area contributed by atoms with Crippen molar-refractivity contribution in [1.29, 1.82) is 0 Å². The lowest BCUT2D eigenvalue weighted by atomic mass is 10.0. The highest BCUT2D eigenvalue weighted by Gasteiger charge is 2.17. The van der Waals surface area contributed by atoms with Crippen molar-refractivity contribution < 1.29 is 18.7 Å². The number of carboxylic acids is 1. The van der Waals surface area contributed by atoms with E-state index in [2.05, 4.69) is 26.0 Å². The fraction of sp³-hybridized carbons (Fsp3) is 0.0345. The Kier molecular flexibility index (Phi) is 5.77. The normalized spacial score (nSPS) is 11.6. The van der Waals surface area contributed by atoms with Crippen molar-refractivity contribution in [3.8, 4) is 22.9 Å². The van der Waals surface area contributed by atoms with E-state index >= 15 is 0 Å². The Morgan fingerprint density at radius 1 is 1.00 bits per heavy atom. The molecule has 186 valence electrons. The first-order valence-electron chi connectivity index (χ1n) is 11.6. The Bertz CT molecular complexity index is 1960. The van der Waals surface area contributed by atoms with Crippen LogP contribution in [0.3, 0.4) is 0 Å². The monoisotopic (exact) mass is 567 g/mol. The van der Waals surface area contributed by atoms with Crippen LogP contribution in [0.1, 0.15) is 21.7 Å². The molecular formula is C29H18BrN3O5. The number of aromatic nitrogens is 2. The molecule has 0 amide bonds.